The Morgan fingerprint density at radius 1 is 1.16 bits per heavy atom. The molecule has 2 aromatic rings. The van der Waals surface area contributed by atoms with Gasteiger partial charge in [-0.1, -0.05) is 23.4 Å². The number of ether oxygens (including phenoxy) is 2. The van der Waals surface area contributed by atoms with E-state index in [-0.39, 0.29) is 0 Å². The first kappa shape index (κ1) is 12.0. The van der Waals surface area contributed by atoms with E-state index in [0.29, 0.717) is 6.61 Å². The minimum atomic E-state index is 0.390. The van der Waals surface area contributed by atoms with E-state index < -0.39 is 0 Å². The first-order valence-corrected chi connectivity index (χ1v) is 6.38. The summed E-state index contributed by atoms with van der Waals surface area (Å²) in [6, 6.07) is 11.6. The molecule has 100 valence electrons. The summed E-state index contributed by atoms with van der Waals surface area (Å²) in [7, 11) is 0. The van der Waals surface area contributed by atoms with Crippen LogP contribution in [0.25, 0.3) is 0 Å². The van der Waals surface area contributed by atoms with Gasteiger partial charge in [0.1, 0.15) is 12.4 Å². The highest BCUT2D eigenvalue weighted by molar-refractivity contribution is 5.38. The Labute approximate surface area is 111 Å². The first-order chi connectivity index (χ1) is 9.42. The highest BCUT2D eigenvalue weighted by atomic mass is 16.5. The molecule has 5 nitrogen and oxygen atoms in total. The van der Waals surface area contributed by atoms with Crippen molar-refractivity contribution in [3.05, 3.63) is 42.2 Å². The van der Waals surface area contributed by atoms with E-state index in [4.69, 9.17) is 14.0 Å². The van der Waals surface area contributed by atoms with E-state index in [1.165, 1.54) is 0 Å². The Hall–Kier alpha value is -2.01. The van der Waals surface area contributed by atoms with Gasteiger partial charge in [-0.05, 0) is 12.1 Å². The lowest BCUT2D eigenvalue weighted by atomic mass is 10.3. The summed E-state index contributed by atoms with van der Waals surface area (Å²) in [4.78, 5) is 2.15. The molecule has 1 fully saturated rings. The van der Waals surface area contributed by atoms with Gasteiger partial charge in [0.25, 0.3) is 0 Å². The third-order valence-electron chi connectivity index (χ3n) is 3.01. The third kappa shape index (κ3) is 3.06. The Morgan fingerprint density at radius 2 is 1.95 bits per heavy atom. The standard InChI is InChI=1S/C14H16N2O3/c1-2-4-12(5-3-1)18-11-13-10-14(15-19-13)16-6-8-17-9-7-16/h1-5,10H,6-9,11H2. The molecule has 0 unspecified atom stereocenters. The lowest BCUT2D eigenvalue weighted by Gasteiger charge is -2.25. The van der Waals surface area contributed by atoms with Crippen LogP contribution in [0.1, 0.15) is 5.76 Å². The van der Waals surface area contributed by atoms with Crippen LogP contribution in [-0.2, 0) is 11.3 Å². The first-order valence-electron chi connectivity index (χ1n) is 6.38. The van der Waals surface area contributed by atoms with Gasteiger partial charge in [-0.2, -0.15) is 0 Å². The zero-order valence-corrected chi connectivity index (χ0v) is 10.6. The van der Waals surface area contributed by atoms with Crippen molar-refractivity contribution >= 4 is 5.82 Å². The van der Waals surface area contributed by atoms with Crippen molar-refractivity contribution in [2.75, 3.05) is 31.2 Å². The number of nitrogens with zero attached hydrogens (tertiary/aromatic N) is 2. The second-order valence-corrected chi connectivity index (χ2v) is 4.35. The van der Waals surface area contributed by atoms with Crippen LogP contribution in [0.5, 0.6) is 5.75 Å². The zero-order chi connectivity index (χ0) is 12.9. The molecule has 2 heterocycles. The molecule has 0 N–H and O–H groups in total. The van der Waals surface area contributed by atoms with Crippen LogP contribution in [-0.4, -0.2) is 31.5 Å². The van der Waals surface area contributed by atoms with Gasteiger partial charge < -0.3 is 18.9 Å². The third-order valence-corrected chi connectivity index (χ3v) is 3.01. The van der Waals surface area contributed by atoms with Crippen molar-refractivity contribution < 1.29 is 14.0 Å². The fourth-order valence-electron chi connectivity index (χ4n) is 1.98. The molecule has 1 aromatic heterocycles. The molecule has 0 spiro atoms. The molecule has 19 heavy (non-hydrogen) atoms. The average Bonchev–Trinajstić information content (AvgIpc) is 2.96. The topological polar surface area (TPSA) is 47.7 Å². The quantitative estimate of drug-likeness (QED) is 0.842. The fourth-order valence-corrected chi connectivity index (χ4v) is 1.98. The maximum atomic E-state index is 5.62. The molecule has 1 aromatic carbocycles. The summed E-state index contributed by atoms with van der Waals surface area (Å²) >= 11 is 0. The largest absolute Gasteiger partial charge is 0.486 e. The van der Waals surface area contributed by atoms with Crippen molar-refractivity contribution in [1.82, 2.24) is 5.16 Å². The lowest BCUT2D eigenvalue weighted by Crippen LogP contribution is -2.36. The predicted octanol–water partition coefficient (Wildman–Crippen LogP) is 2.09. The molecular formula is C14H16N2O3. The number of aromatic nitrogens is 1. The summed E-state index contributed by atoms with van der Waals surface area (Å²) < 4.78 is 16.2. The van der Waals surface area contributed by atoms with E-state index in [0.717, 1.165) is 43.6 Å². The molecular weight excluding hydrogens is 244 g/mol. The molecule has 0 amide bonds. The predicted molar refractivity (Wildman–Crippen MR) is 70.3 cm³/mol. The molecule has 0 saturated carbocycles. The van der Waals surface area contributed by atoms with Crippen LogP contribution >= 0.6 is 0 Å². The number of benzene rings is 1. The minimum Gasteiger partial charge on any atom is -0.486 e. The number of rotatable bonds is 4. The number of hydrogen-bond acceptors (Lipinski definition) is 5. The summed E-state index contributed by atoms with van der Waals surface area (Å²) in [5.41, 5.74) is 0. The molecule has 1 aliphatic rings. The van der Waals surface area contributed by atoms with Gasteiger partial charge >= 0.3 is 0 Å². The molecule has 0 bridgehead atoms. The molecule has 0 aliphatic carbocycles. The normalized spacial score (nSPS) is 15.5. The fraction of sp³-hybridized carbons (Fsp3) is 0.357. The monoisotopic (exact) mass is 260 g/mol. The minimum absolute atomic E-state index is 0.390. The van der Waals surface area contributed by atoms with Crippen molar-refractivity contribution in [2.45, 2.75) is 6.61 Å². The van der Waals surface area contributed by atoms with E-state index in [1.807, 2.05) is 36.4 Å². The highest BCUT2D eigenvalue weighted by Gasteiger charge is 2.15. The van der Waals surface area contributed by atoms with Gasteiger partial charge in [0.05, 0.1) is 13.2 Å². The van der Waals surface area contributed by atoms with E-state index in [9.17, 15) is 0 Å². The Morgan fingerprint density at radius 3 is 2.74 bits per heavy atom. The van der Waals surface area contributed by atoms with Crippen LogP contribution in [0.4, 0.5) is 5.82 Å². The molecule has 1 saturated heterocycles. The number of anilines is 1. The van der Waals surface area contributed by atoms with Crippen LogP contribution in [0.15, 0.2) is 40.9 Å². The van der Waals surface area contributed by atoms with E-state index in [1.54, 1.807) is 0 Å². The Kier molecular flexibility index (Phi) is 3.65. The molecule has 0 radical (unpaired) electrons. The number of hydrogen-bond donors (Lipinski definition) is 0. The maximum Gasteiger partial charge on any atom is 0.176 e. The van der Waals surface area contributed by atoms with Crippen molar-refractivity contribution in [1.29, 1.82) is 0 Å². The number of morpholine rings is 1. The summed E-state index contributed by atoms with van der Waals surface area (Å²) in [6.07, 6.45) is 0. The molecule has 0 atom stereocenters. The van der Waals surface area contributed by atoms with Gasteiger partial charge in [0, 0.05) is 19.2 Å². The smallest absolute Gasteiger partial charge is 0.176 e. The number of para-hydroxylation sites is 1. The zero-order valence-electron chi connectivity index (χ0n) is 10.6. The second-order valence-electron chi connectivity index (χ2n) is 4.35. The average molecular weight is 260 g/mol. The van der Waals surface area contributed by atoms with Crippen molar-refractivity contribution in [2.24, 2.45) is 0 Å². The lowest BCUT2D eigenvalue weighted by molar-refractivity contribution is 0.122. The SMILES string of the molecule is c1ccc(OCc2cc(N3CCOCC3)no2)cc1. The Bertz CT molecular complexity index is 506. The summed E-state index contributed by atoms with van der Waals surface area (Å²) in [6.45, 7) is 3.57. The van der Waals surface area contributed by atoms with Crippen molar-refractivity contribution in [3.63, 3.8) is 0 Å². The van der Waals surface area contributed by atoms with E-state index in [2.05, 4.69) is 10.1 Å². The molecule has 3 rings (SSSR count). The Balaban J connectivity index is 1.58. The summed E-state index contributed by atoms with van der Waals surface area (Å²) in [5, 5.41) is 4.07. The highest BCUT2D eigenvalue weighted by Crippen LogP contribution is 2.17. The van der Waals surface area contributed by atoms with Gasteiger partial charge in [0.15, 0.2) is 11.6 Å². The van der Waals surface area contributed by atoms with Crippen LogP contribution in [0.2, 0.25) is 0 Å². The van der Waals surface area contributed by atoms with Gasteiger partial charge in [-0.15, -0.1) is 0 Å². The van der Waals surface area contributed by atoms with Gasteiger partial charge in [-0.3, -0.25) is 0 Å². The molecule has 5 heteroatoms. The van der Waals surface area contributed by atoms with Crippen LogP contribution in [0, 0.1) is 0 Å². The van der Waals surface area contributed by atoms with E-state index >= 15 is 0 Å². The maximum absolute atomic E-state index is 5.62. The summed E-state index contributed by atoms with van der Waals surface area (Å²) in [5.74, 6) is 2.41. The van der Waals surface area contributed by atoms with Crippen LogP contribution in [0.3, 0.4) is 0 Å². The van der Waals surface area contributed by atoms with Crippen LogP contribution < -0.4 is 9.64 Å². The van der Waals surface area contributed by atoms with Gasteiger partial charge in [-0.25, -0.2) is 0 Å². The molecule has 1 aliphatic heterocycles. The van der Waals surface area contributed by atoms with Crippen molar-refractivity contribution in [3.8, 4) is 5.75 Å². The van der Waals surface area contributed by atoms with Gasteiger partial charge in [0.2, 0.25) is 0 Å². The second kappa shape index (κ2) is 5.75.